The highest BCUT2D eigenvalue weighted by Crippen LogP contribution is 2.19. The summed E-state index contributed by atoms with van der Waals surface area (Å²) in [7, 11) is 0. The van der Waals surface area contributed by atoms with Crippen molar-refractivity contribution < 1.29 is 4.79 Å². The first-order valence-electron chi connectivity index (χ1n) is 7.06. The van der Waals surface area contributed by atoms with Gasteiger partial charge >= 0.3 is 0 Å². The lowest BCUT2D eigenvalue weighted by atomic mass is 10.2. The van der Waals surface area contributed by atoms with Crippen molar-refractivity contribution in [3.05, 3.63) is 63.6 Å². The number of hydrogen-bond acceptors (Lipinski definition) is 2. The summed E-state index contributed by atoms with van der Waals surface area (Å²) < 4.78 is 0. The molecule has 0 aliphatic carbocycles. The molecule has 0 saturated carbocycles. The third-order valence-corrected chi connectivity index (χ3v) is 3.89. The maximum atomic E-state index is 11.9. The van der Waals surface area contributed by atoms with Crippen molar-refractivity contribution >= 4 is 34.8 Å². The van der Waals surface area contributed by atoms with Crippen LogP contribution in [0.1, 0.15) is 17.5 Å². The quantitative estimate of drug-likeness (QED) is 0.766. The molecular formula is C17H18Cl2N2O. The van der Waals surface area contributed by atoms with Gasteiger partial charge in [0, 0.05) is 35.2 Å². The van der Waals surface area contributed by atoms with Gasteiger partial charge in [0.1, 0.15) is 0 Å². The Morgan fingerprint density at radius 3 is 2.50 bits per heavy atom. The minimum Gasteiger partial charge on any atom is -0.326 e. The van der Waals surface area contributed by atoms with Crippen molar-refractivity contribution in [1.29, 1.82) is 0 Å². The Hall–Kier alpha value is -1.55. The third-order valence-electron chi connectivity index (χ3n) is 3.23. The Morgan fingerprint density at radius 2 is 1.82 bits per heavy atom. The molecule has 0 fully saturated rings. The second-order valence-electron chi connectivity index (χ2n) is 5.07. The van der Waals surface area contributed by atoms with E-state index in [4.69, 9.17) is 23.2 Å². The molecule has 0 spiro atoms. The number of benzene rings is 2. The molecule has 0 radical (unpaired) electrons. The van der Waals surface area contributed by atoms with E-state index in [0.29, 0.717) is 24.5 Å². The van der Waals surface area contributed by atoms with Gasteiger partial charge < -0.3 is 10.6 Å². The predicted octanol–water partition coefficient (Wildman–Crippen LogP) is 4.42. The molecule has 2 aromatic carbocycles. The number of carbonyl (C=O) groups excluding carboxylic acids is 1. The topological polar surface area (TPSA) is 41.1 Å². The molecule has 0 aromatic heterocycles. The van der Waals surface area contributed by atoms with Crippen molar-refractivity contribution in [1.82, 2.24) is 5.32 Å². The molecule has 0 unspecified atom stereocenters. The average Bonchev–Trinajstić information content (AvgIpc) is 2.49. The molecule has 0 saturated heterocycles. The molecule has 0 aliphatic rings. The molecule has 116 valence electrons. The molecule has 1 amide bonds. The van der Waals surface area contributed by atoms with E-state index < -0.39 is 0 Å². The van der Waals surface area contributed by atoms with Gasteiger partial charge in [-0.3, -0.25) is 4.79 Å². The van der Waals surface area contributed by atoms with Gasteiger partial charge in [-0.1, -0.05) is 41.4 Å². The lowest BCUT2D eigenvalue weighted by molar-refractivity contribution is -0.116. The zero-order valence-electron chi connectivity index (χ0n) is 12.3. The zero-order valence-corrected chi connectivity index (χ0v) is 13.8. The summed E-state index contributed by atoms with van der Waals surface area (Å²) >= 11 is 11.9. The molecular weight excluding hydrogens is 319 g/mol. The van der Waals surface area contributed by atoms with Crippen LogP contribution in [0.3, 0.4) is 0 Å². The first kappa shape index (κ1) is 16.8. The van der Waals surface area contributed by atoms with Gasteiger partial charge in [-0.2, -0.15) is 0 Å². The zero-order chi connectivity index (χ0) is 15.9. The average molecular weight is 337 g/mol. The lowest BCUT2D eigenvalue weighted by Crippen LogP contribution is -2.21. The summed E-state index contributed by atoms with van der Waals surface area (Å²) in [5, 5.41) is 7.44. The number of anilines is 1. The molecule has 0 atom stereocenters. The van der Waals surface area contributed by atoms with Crippen molar-refractivity contribution in [3.8, 4) is 0 Å². The molecule has 22 heavy (non-hydrogen) atoms. The van der Waals surface area contributed by atoms with E-state index in [0.717, 1.165) is 21.8 Å². The maximum absolute atomic E-state index is 11.9. The number of amides is 1. The lowest BCUT2D eigenvalue weighted by Gasteiger charge is -2.08. The first-order valence-corrected chi connectivity index (χ1v) is 7.81. The summed E-state index contributed by atoms with van der Waals surface area (Å²) in [6, 6.07) is 13.1. The minimum absolute atomic E-state index is 0.0384. The van der Waals surface area contributed by atoms with Gasteiger partial charge in [0.25, 0.3) is 0 Å². The number of rotatable bonds is 6. The standard InChI is InChI=1S/C17H18Cl2N2O/c1-12-2-7-15(10-16(12)19)21-17(22)8-9-20-11-13-3-5-14(18)6-4-13/h2-7,10,20H,8-9,11H2,1H3,(H,21,22). The Balaban J connectivity index is 1.71. The van der Waals surface area contributed by atoms with Crippen LogP contribution in [0.4, 0.5) is 5.69 Å². The number of carbonyl (C=O) groups is 1. The first-order chi connectivity index (χ1) is 10.5. The number of halogens is 2. The summed E-state index contributed by atoms with van der Waals surface area (Å²) in [4.78, 5) is 11.9. The van der Waals surface area contributed by atoms with Crippen LogP contribution < -0.4 is 10.6 Å². The molecule has 2 rings (SSSR count). The molecule has 2 N–H and O–H groups in total. The Kier molecular flexibility index (Phi) is 6.25. The Morgan fingerprint density at radius 1 is 1.09 bits per heavy atom. The summed E-state index contributed by atoms with van der Waals surface area (Å²) in [6.07, 6.45) is 0.402. The van der Waals surface area contributed by atoms with Gasteiger partial charge in [0.2, 0.25) is 5.91 Å². The van der Waals surface area contributed by atoms with Crippen LogP contribution in [-0.4, -0.2) is 12.5 Å². The van der Waals surface area contributed by atoms with Crippen molar-refractivity contribution in [3.63, 3.8) is 0 Å². The number of nitrogens with one attached hydrogen (secondary N) is 2. The van der Waals surface area contributed by atoms with Crippen LogP contribution in [0.25, 0.3) is 0 Å². The third kappa shape index (κ3) is 5.34. The fourth-order valence-electron chi connectivity index (χ4n) is 1.93. The fourth-order valence-corrected chi connectivity index (χ4v) is 2.24. The van der Waals surface area contributed by atoms with Crippen LogP contribution in [-0.2, 0) is 11.3 Å². The van der Waals surface area contributed by atoms with Gasteiger partial charge in [-0.05, 0) is 42.3 Å². The Labute approximate surface area is 140 Å². The second-order valence-corrected chi connectivity index (χ2v) is 5.91. The van der Waals surface area contributed by atoms with E-state index in [1.165, 1.54) is 0 Å². The van der Waals surface area contributed by atoms with Crippen molar-refractivity contribution in [2.75, 3.05) is 11.9 Å². The number of hydrogen-bond donors (Lipinski definition) is 2. The number of aryl methyl sites for hydroxylation is 1. The molecule has 0 heterocycles. The summed E-state index contributed by atoms with van der Waals surface area (Å²) in [6.45, 7) is 3.24. The SMILES string of the molecule is Cc1ccc(NC(=O)CCNCc2ccc(Cl)cc2)cc1Cl. The minimum atomic E-state index is -0.0384. The van der Waals surface area contributed by atoms with E-state index in [1.807, 2.05) is 43.3 Å². The molecule has 0 bridgehead atoms. The molecule has 2 aromatic rings. The highest BCUT2D eigenvalue weighted by atomic mass is 35.5. The van der Waals surface area contributed by atoms with E-state index in [2.05, 4.69) is 10.6 Å². The molecule has 0 aliphatic heterocycles. The van der Waals surface area contributed by atoms with Gasteiger partial charge in [-0.25, -0.2) is 0 Å². The van der Waals surface area contributed by atoms with Crippen LogP contribution >= 0.6 is 23.2 Å². The normalized spacial score (nSPS) is 10.5. The van der Waals surface area contributed by atoms with Crippen LogP contribution in [0, 0.1) is 6.92 Å². The van der Waals surface area contributed by atoms with Gasteiger partial charge in [0.05, 0.1) is 0 Å². The van der Waals surface area contributed by atoms with Gasteiger partial charge in [-0.15, -0.1) is 0 Å². The van der Waals surface area contributed by atoms with E-state index in [-0.39, 0.29) is 5.91 Å². The van der Waals surface area contributed by atoms with E-state index >= 15 is 0 Å². The fraction of sp³-hybridized carbons (Fsp3) is 0.235. The molecule has 3 nitrogen and oxygen atoms in total. The highest BCUT2D eigenvalue weighted by Gasteiger charge is 2.04. The maximum Gasteiger partial charge on any atom is 0.225 e. The second kappa shape index (κ2) is 8.18. The van der Waals surface area contributed by atoms with Crippen LogP contribution in [0.5, 0.6) is 0 Å². The summed E-state index contributed by atoms with van der Waals surface area (Å²) in [5.41, 5.74) is 2.85. The highest BCUT2D eigenvalue weighted by molar-refractivity contribution is 6.31. The van der Waals surface area contributed by atoms with Crippen LogP contribution in [0.2, 0.25) is 10.0 Å². The van der Waals surface area contributed by atoms with Crippen molar-refractivity contribution in [2.45, 2.75) is 19.9 Å². The smallest absolute Gasteiger partial charge is 0.225 e. The predicted molar refractivity (Wildman–Crippen MR) is 92.6 cm³/mol. The summed E-state index contributed by atoms with van der Waals surface area (Å²) in [5.74, 6) is -0.0384. The van der Waals surface area contributed by atoms with Crippen LogP contribution in [0.15, 0.2) is 42.5 Å². The molecule has 5 heteroatoms. The Bertz CT molecular complexity index is 642. The monoisotopic (exact) mass is 336 g/mol. The largest absolute Gasteiger partial charge is 0.326 e. The van der Waals surface area contributed by atoms with E-state index in [9.17, 15) is 4.79 Å². The van der Waals surface area contributed by atoms with Crippen molar-refractivity contribution in [2.24, 2.45) is 0 Å². The van der Waals surface area contributed by atoms with Gasteiger partial charge in [0.15, 0.2) is 0 Å². The van der Waals surface area contributed by atoms with E-state index in [1.54, 1.807) is 6.07 Å².